The number of hydrogen-bond donors (Lipinski definition) is 1. The summed E-state index contributed by atoms with van der Waals surface area (Å²) < 4.78 is 23.5. The summed E-state index contributed by atoms with van der Waals surface area (Å²) in [7, 11) is -2.77. The Kier molecular flexibility index (Phi) is 4.44. The Labute approximate surface area is 105 Å². The Morgan fingerprint density at radius 3 is 2.47 bits per heavy atom. The lowest BCUT2D eigenvalue weighted by Crippen LogP contribution is -2.45. The molecular weight excluding hydrogens is 236 g/mol. The van der Waals surface area contributed by atoms with E-state index in [4.69, 9.17) is 0 Å². The lowest BCUT2D eigenvalue weighted by molar-refractivity contribution is 0.198. The van der Waals surface area contributed by atoms with Gasteiger partial charge in [0, 0.05) is 12.6 Å². The molecule has 1 N–H and O–H groups in total. The fourth-order valence-corrected chi connectivity index (χ4v) is 4.83. The third kappa shape index (κ3) is 3.42. The van der Waals surface area contributed by atoms with E-state index >= 15 is 0 Å². The van der Waals surface area contributed by atoms with Crippen molar-refractivity contribution in [2.24, 2.45) is 0 Å². The molecule has 0 radical (unpaired) electrons. The van der Waals surface area contributed by atoms with Crippen LogP contribution in [0.5, 0.6) is 0 Å². The van der Waals surface area contributed by atoms with E-state index in [9.17, 15) is 8.42 Å². The standard InChI is InChI=1S/C12H24N2O2S/c1-2-13-11-5-7-14(8-6-11)10-12-4-3-9-17(12,15)16/h11-13H,2-10H2,1H3. The molecule has 0 spiro atoms. The van der Waals surface area contributed by atoms with E-state index in [-0.39, 0.29) is 5.25 Å². The molecule has 0 aromatic rings. The van der Waals surface area contributed by atoms with Gasteiger partial charge in [0.2, 0.25) is 0 Å². The maximum Gasteiger partial charge on any atom is 0.154 e. The van der Waals surface area contributed by atoms with E-state index in [0.29, 0.717) is 11.8 Å². The lowest BCUT2D eigenvalue weighted by Gasteiger charge is -2.33. The molecule has 4 nitrogen and oxygen atoms in total. The maximum absolute atomic E-state index is 11.8. The van der Waals surface area contributed by atoms with Crippen molar-refractivity contribution >= 4 is 9.84 Å². The van der Waals surface area contributed by atoms with Gasteiger partial charge in [-0.05, 0) is 45.3 Å². The van der Waals surface area contributed by atoms with Gasteiger partial charge in [-0.2, -0.15) is 0 Å². The van der Waals surface area contributed by atoms with Gasteiger partial charge in [0.05, 0.1) is 11.0 Å². The summed E-state index contributed by atoms with van der Waals surface area (Å²) in [4.78, 5) is 2.33. The first-order valence-corrected chi connectivity index (χ1v) is 8.50. The fourth-order valence-electron chi connectivity index (χ4n) is 2.96. The van der Waals surface area contributed by atoms with Gasteiger partial charge < -0.3 is 10.2 Å². The number of rotatable bonds is 4. The summed E-state index contributed by atoms with van der Waals surface area (Å²) >= 11 is 0. The zero-order chi connectivity index (χ0) is 12.3. The Morgan fingerprint density at radius 2 is 1.94 bits per heavy atom. The minimum Gasteiger partial charge on any atom is -0.314 e. The molecule has 2 aliphatic heterocycles. The molecular formula is C12H24N2O2S. The lowest BCUT2D eigenvalue weighted by atomic mass is 10.0. The largest absolute Gasteiger partial charge is 0.314 e. The second-order valence-electron chi connectivity index (χ2n) is 5.26. The molecule has 2 rings (SSSR count). The smallest absolute Gasteiger partial charge is 0.154 e. The van der Waals surface area contributed by atoms with E-state index in [2.05, 4.69) is 17.1 Å². The van der Waals surface area contributed by atoms with E-state index in [0.717, 1.165) is 51.9 Å². The van der Waals surface area contributed by atoms with Gasteiger partial charge in [-0.25, -0.2) is 8.42 Å². The van der Waals surface area contributed by atoms with Crippen LogP contribution in [0.25, 0.3) is 0 Å². The van der Waals surface area contributed by atoms with E-state index in [1.165, 1.54) is 0 Å². The molecule has 0 aromatic carbocycles. The zero-order valence-corrected chi connectivity index (χ0v) is 11.5. The van der Waals surface area contributed by atoms with Crippen molar-refractivity contribution in [3.63, 3.8) is 0 Å². The van der Waals surface area contributed by atoms with Gasteiger partial charge in [0.1, 0.15) is 0 Å². The fraction of sp³-hybridized carbons (Fsp3) is 1.00. The normalized spacial score (nSPS) is 30.8. The average molecular weight is 260 g/mol. The number of likely N-dealkylation sites (tertiary alicyclic amines) is 1. The summed E-state index contributed by atoms with van der Waals surface area (Å²) in [6.45, 7) is 6.02. The molecule has 5 heteroatoms. The van der Waals surface area contributed by atoms with E-state index < -0.39 is 9.84 Å². The van der Waals surface area contributed by atoms with Crippen molar-refractivity contribution < 1.29 is 8.42 Å². The van der Waals surface area contributed by atoms with E-state index in [1.807, 2.05) is 0 Å². The van der Waals surface area contributed by atoms with Crippen LogP contribution in [0.1, 0.15) is 32.6 Å². The van der Waals surface area contributed by atoms with Crippen molar-refractivity contribution in [3.05, 3.63) is 0 Å². The Hall–Kier alpha value is -0.130. The molecule has 17 heavy (non-hydrogen) atoms. The summed E-state index contributed by atoms with van der Waals surface area (Å²) in [5.74, 6) is 0.408. The molecule has 0 bridgehead atoms. The second kappa shape index (κ2) is 5.67. The summed E-state index contributed by atoms with van der Waals surface area (Å²) in [6, 6.07) is 0.636. The quantitative estimate of drug-likeness (QED) is 0.806. The second-order valence-corrected chi connectivity index (χ2v) is 7.66. The van der Waals surface area contributed by atoms with Crippen molar-refractivity contribution in [2.75, 3.05) is 31.9 Å². The summed E-state index contributed by atoms with van der Waals surface area (Å²) in [5, 5.41) is 3.38. The number of hydrogen-bond acceptors (Lipinski definition) is 4. The minimum atomic E-state index is -2.77. The van der Waals surface area contributed by atoms with Crippen molar-refractivity contribution in [1.29, 1.82) is 0 Å². The van der Waals surface area contributed by atoms with Crippen LogP contribution in [0.15, 0.2) is 0 Å². The van der Waals surface area contributed by atoms with Crippen LogP contribution in [0.4, 0.5) is 0 Å². The van der Waals surface area contributed by atoms with Gasteiger partial charge in [-0.3, -0.25) is 0 Å². The highest BCUT2D eigenvalue weighted by atomic mass is 32.2. The molecule has 1 atom stereocenters. The van der Waals surface area contributed by atoms with Crippen LogP contribution in [-0.2, 0) is 9.84 Å². The molecule has 2 heterocycles. The van der Waals surface area contributed by atoms with Gasteiger partial charge in [0.15, 0.2) is 9.84 Å². The molecule has 0 amide bonds. The van der Waals surface area contributed by atoms with Gasteiger partial charge in [-0.1, -0.05) is 6.92 Å². The average Bonchev–Trinajstić information content (AvgIpc) is 2.62. The molecule has 0 saturated carbocycles. The first kappa shape index (κ1) is 13.3. The molecule has 2 aliphatic rings. The van der Waals surface area contributed by atoms with Gasteiger partial charge in [0.25, 0.3) is 0 Å². The predicted molar refractivity (Wildman–Crippen MR) is 69.9 cm³/mol. The summed E-state index contributed by atoms with van der Waals surface area (Å²) in [5.41, 5.74) is 0. The Balaban J connectivity index is 1.78. The molecule has 2 fully saturated rings. The van der Waals surface area contributed by atoms with Crippen LogP contribution in [0, 0.1) is 0 Å². The highest BCUT2D eigenvalue weighted by Crippen LogP contribution is 2.22. The number of piperidine rings is 1. The van der Waals surface area contributed by atoms with Crippen molar-refractivity contribution in [2.45, 2.75) is 43.9 Å². The van der Waals surface area contributed by atoms with E-state index in [1.54, 1.807) is 0 Å². The van der Waals surface area contributed by atoms with Crippen LogP contribution in [-0.4, -0.2) is 56.5 Å². The summed E-state index contributed by atoms with van der Waals surface area (Å²) in [6.07, 6.45) is 4.04. The molecule has 0 aromatic heterocycles. The SMILES string of the molecule is CCNC1CCN(CC2CCCS2(=O)=O)CC1. The van der Waals surface area contributed by atoms with Gasteiger partial charge >= 0.3 is 0 Å². The third-order valence-electron chi connectivity index (χ3n) is 4.01. The van der Waals surface area contributed by atoms with Crippen LogP contribution >= 0.6 is 0 Å². The first-order chi connectivity index (χ1) is 8.12. The van der Waals surface area contributed by atoms with Gasteiger partial charge in [-0.15, -0.1) is 0 Å². The monoisotopic (exact) mass is 260 g/mol. The van der Waals surface area contributed by atoms with Crippen molar-refractivity contribution in [1.82, 2.24) is 10.2 Å². The van der Waals surface area contributed by atoms with Crippen LogP contribution < -0.4 is 5.32 Å². The van der Waals surface area contributed by atoms with Crippen LogP contribution in [0.3, 0.4) is 0 Å². The predicted octanol–water partition coefficient (Wildman–Crippen LogP) is 0.638. The third-order valence-corrected chi connectivity index (χ3v) is 6.26. The number of nitrogens with zero attached hydrogens (tertiary/aromatic N) is 1. The highest BCUT2D eigenvalue weighted by Gasteiger charge is 2.33. The topological polar surface area (TPSA) is 49.4 Å². The maximum atomic E-state index is 11.8. The number of nitrogens with one attached hydrogen (secondary N) is 1. The molecule has 100 valence electrons. The Morgan fingerprint density at radius 1 is 1.24 bits per heavy atom. The molecule has 2 saturated heterocycles. The highest BCUT2D eigenvalue weighted by molar-refractivity contribution is 7.92. The first-order valence-electron chi connectivity index (χ1n) is 6.79. The minimum absolute atomic E-state index is 0.0850. The number of sulfone groups is 1. The Bertz CT molecular complexity index is 334. The molecule has 0 aliphatic carbocycles. The zero-order valence-electron chi connectivity index (χ0n) is 10.7. The van der Waals surface area contributed by atoms with Crippen LogP contribution in [0.2, 0.25) is 0 Å². The van der Waals surface area contributed by atoms with Crippen molar-refractivity contribution in [3.8, 4) is 0 Å². The molecule has 1 unspecified atom stereocenters.